The smallest absolute Gasteiger partial charge is 0.0319 e. The molecule has 1 aromatic carbocycles. The molecule has 2 nitrogen and oxygen atoms in total. The summed E-state index contributed by atoms with van der Waals surface area (Å²) in [5, 5.41) is 10.6. The van der Waals surface area contributed by atoms with Crippen LogP contribution in [0.3, 0.4) is 0 Å². The number of aliphatic hydroxyl groups is 1. The molecule has 0 bridgehead atoms. The van der Waals surface area contributed by atoms with Crippen LogP contribution in [0.2, 0.25) is 0 Å². The molecule has 0 aromatic heterocycles. The van der Waals surface area contributed by atoms with Crippen molar-refractivity contribution in [3.05, 3.63) is 35.4 Å². The van der Waals surface area contributed by atoms with Crippen LogP contribution in [0.15, 0.2) is 24.3 Å². The van der Waals surface area contributed by atoms with Crippen LogP contribution in [0.25, 0.3) is 0 Å². The summed E-state index contributed by atoms with van der Waals surface area (Å²) in [6, 6.07) is 9.27. The van der Waals surface area contributed by atoms with Gasteiger partial charge >= 0.3 is 0 Å². The first kappa shape index (κ1) is 17.1. The molecule has 0 aliphatic heterocycles. The molecule has 0 aliphatic rings. The number of aryl methyl sites for hydroxylation is 1. The molecule has 2 N–H and O–H groups in total. The first-order chi connectivity index (χ1) is 8.59. The van der Waals surface area contributed by atoms with Gasteiger partial charge in [0.15, 0.2) is 0 Å². The second kappa shape index (κ2) is 10.1. The summed E-state index contributed by atoms with van der Waals surface area (Å²) in [7, 11) is 1.00. The van der Waals surface area contributed by atoms with E-state index in [1.165, 1.54) is 24.0 Å². The maximum absolute atomic E-state index is 7.00. The van der Waals surface area contributed by atoms with Gasteiger partial charge in [0.05, 0.1) is 0 Å². The molecule has 0 saturated carbocycles. The number of benzene rings is 1. The first-order valence-corrected chi connectivity index (χ1v) is 6.84. The summed E-state index contributed by atoms with van der Waals surface area (Å²) in [6.07, 6.45) is 2.58. The standard InChI is InChI=1S/C15H25N.CH4O/c1-12(2)6-5-11-16-14(4)15-9-7-13(3)8-10-15;1-2/h7-10,12,14,16H,5-6,11H2,1-4H3;2H,1H3/t14-;/m0./s1. The third-order valence-electron chi connectivity index (χ3n) is 2.99. The summed E-state index contributed by atoms with van der Waals surface area (Å²) >= 11 is 0. The molecule has 1 atom stereocenters. The Bertz CT molecular complexity index is 292. The van der Waals surface area contributed by atoms with E-state index >= 15 is 0 Å². The molecule has 0 unspecified atom stereocenters. The van der Waals surface area contributed by atoms with Crippen LogP contribution in [-0.2, 0) is 0 Å². The lowest BCUT2D eigenvalue weighted by Gasteiger charge is -2.15. The van der Waals surface area contributed by atoms with Crippen LogP contribution in [0.5, 0.6) is 0 Å². The van der Waals surface area contributed by atoms with Gasteiger partial charge in [0.25, 0.3) is 0 Å². The van der Waals surface area contributed by atoms with Crippen LogP contribution in [0.1, 0.15) is 50.8 Å². The maximum Gasteiger partial charge on any atom is 0.0319 e. The zero-order valence-corrected chi connectivity index (χ0v) is 12.5. The van der Waals surface area contributed by atoms with Crippen molar-refractivity contribution in [3.8, 4) is 0 Å². The average molecular weight is 251 g/mol. The van der Waals surface area contributed by atoms with E-state index in [9.17, 15) is 0 Å². The molecule has 0 saturated heterocycles. The molecule has 0 fully saturated rings. The Balaban J connectivity index is 0.00000137. The molecule has 0 amide bonds. The lowest BCUT2D eigenvalue weighted by Crippen LogP contribution is -2.20. The van der Waals surface area contributed by atoms with E-state index in [0.29, 0.717) is 6.04 Å². The molecular formula is C16H29NO. The van der Waals surface area contributed by atoms with Gasteiger partial charge in [-0.2, -0.15) is 0 Å². The van der Waals surface area contributed by atoms with Gasteiger partial charge in [-0.1, -0.05) is 43.7 Å². The Morgan fingerprint density at radius 2 is 1.61 bits per heavy atom. The molecule has 0 radical (unpaired) electrons. The van der Waals surface area contributed by atoms with Crippen molar-refractivity contribution in [2.24, 2.45) is 5.92 Å². The zero-order valence-electron chi connectivity index (χ0n) is 12.5. The number of rotatable bonds is 6. The summed E-state index contributed by atoms with van der Waals surface area (Å²) in [5.41, 5.74) is 2.71. The van der Waals surface area contributed by atoms with Crippen molar-refractivity contribution in [2.45, 2.75) is 46.6 Å². The fourth-order valence-corrected chi connectivity index (χ4v) is 1.80. The van der Waals surface area contributed by atoms with Gasteiger partial charge in [-0.15, -0.1) is 0 Å². The minimum Gasteiger partial charge on any atom is -0.400 e. The van der Waals surface area contributed by atoms with Gasteiger partial charge in [-0.3, -0.25) is 0 Å². The largest absolute Gasteiger partial charge is 0.400 e. The third kappa shape index (κ3) is 7.46. The van der Waals surface area contributed by atoms with E-state index in [2.05, 4.69) is 57.3 Å². The Morgan fingerprint density at radius 1 is 1.06 bits per heavy atom. The highest BCUT2D eigenvalue weighted by atomic mass is 16.2. The summed E-state index contributed by atoms with van der Waals surface area (Å²) in [4.78, 5) is 0. The van der Waals surface area contributed by atoms with Crippen LogP contribution >= 0.6 is 0 Å². The first-order valence-electron chi connectivity index (χ1n) is 6.84. The minimum absolute atomic E-state index is 0.466. The van der Waals surface area contributed by atoms with E-state index in [0.717, 1.165) is 19.6 Å². The van der Waals surface area contributed by atoms with E-state index in [-0.39, 0.29) is 0 Å². The van der Waals surface area contributed by atoms with E-state index in [4.69, 9.17) is 5.11 Å². The summed E-state index contributed by atoms with van der Waals surface area (Å²) in [6.45, 7) is 10.0. The third-order valence-corrected chi connectivity index (χ3v) is 2.99. The highest BCUT2D eigenvalue weighted by Crippen LogP contribution is 2.13. The average Bonchev–Trinajstić information content (AvgIpc) is 2.37. The molecule has 0 spiro atoms. The predicted octanol–water partition coefficient (Wildman–Crippen LogP) is 3.69. The quantitative estimate of drug-likeness (QED) is 0.756. The Morgan fingerprint density at radius 3 is 2.11 bits per heavy atom. The molecule has 0 heterocycles. The fraction of sp³-hybridized carbons (Fsp3) is 0.625. The maximum atomic E-state index is 7.00. The highest BCUT2D eigenvalue weighted by Gasteiger charge is 2.03. The van der Waals surface area contributed by atoms with Gasteiger partial charge < -0.3 is 10.4 Å². The van der Waals surface area contributed by atoms with Gasteiger partial charge in [0.2, 0.25) is 0 Å². The van der Waals surface area contributed by atoms with E-state index < -0.39 is 0 Å². The van der Waals surface area contributed by atoms with E-state index in [1.54, 1.807) is 0 Å². The SMILES string of the molecule is CO.Cc1ccc([C@H](C)NCCCC(C)C)cc1. The second-order valence-corrected chi connectivity index (χ2v) is 5.12. The molecule has 2 heteroatoms. The molecule has 1 aromatic rings. The molecule has 1 rings (SSSR count). The van der Waals surface area contributed by atoms with Crippen molar-refractivity contribution in [3.63, 3.8) is 0 Å². The normalized spacial score (nSPS) is 11.9. The highest BCUT2D eigenvalue weighted by molar-refractivity contribution is 5.23. The predicted molar refractivity (Wildman–Crippen MR) is 79.8 cm³/mol. The van der Waals surface area contributed by atoms with Crippen LogP contribution in [0, 0.1) is 12.8 Å². The van der Waals surface area contributed by atoms with Crippen molar-refractivity contribution >= 4 is 0 Å². The van der Waals surface area contributed by atoms with Gasteiger partial charge in [0, 0.05) is 13.2 Å². The van der Waals surface area contributed by atoms with E-state index in [1.807, 2.05) is 0 Å². The van der Waals surface area contributed by atoms with Crippen molar-refractivity contribution in [1.29, 1.82) is 0 Å². The van der Waals surface area contributed by atoms with Crippen LogP contribution in [0.4, 0.5) is 0 Å². The lowest BCUT2D eigenvalue weighted by atomic mass is 10.1. The Kier molecular flexibility index (Phi) is 9.62. The molecule has 18 heavy (non-hydrogen) atoms. The summed E-state index contributed by atoms with van der Waals surface area (Å²) in [5.74, 6) is 0.816. The van der Waals surface area contributed by atoms with Gasteiger partial charge in [0.1, 0.15) is 0 Å². The van der Waals surface area contributed by atoms with Crippen molar-refractivity contribution < 1.29 is 5.11 Å². The van der Waals surface area contributed by atoms with Gasteiger partial charge in [-0.05, 0) is 44.7 Å². The molecule has 104 valence electrons. The minimum atomic E-state index is 0.466. The number of aliphatic hydroxyl groups excluding tert-OH is 1. The molecular weight excluding hydrogens is 222 g/mol. The van der Waals surface area contributed by atoms with Crippen molar-refractivity contribution in [2.75, 3.05) is 13.7 Å². The second-order valence-electron chi connectivity index (χ2n) is 5.12. The number of nitrogens with one attached hydrogen (secondary N) is 1. The van der Waals surface area contributed by atoms with Gasteiger partial charge in [-0.25, -0.2) is 0 Å². The number of hydrogen-bond donors (Lipinski definition) is 2. The summed E-state index contributed by atoms with van der Waals surface area (Å²) < 4.78 is 0. The van der Waals surface area contributed by atoms with Crippen molar-refractivity contribution in [1.82, 2.24) is 5.32 Å². The number of hydrogen-bond acceptors (Lipinski definition) is 2. The van der Waals surface area contributed by atoms with Crippen LogP contribution in [-0.4, -0.2) is 18.8 Å². The van der Waals surface area contributed by atoms with Crippen LogP contribution < -0.4 is 5.32 Å². The zero-order chi connectivity index (χ0) is 14.0. The Labute approximate surface area is 112 Å². The fourth-order valence-electron chi connectivity index (χ4n) is 1.80. The molecule has 0 aliphatic carbocycles. The lowest BCUT2D eigenvalue weighted by molar-refractivity contribution is 0.399. The monoisotopic (exact) mass is 251 g/mol. The topological polar surface area (TPSA) is 32.3 Å². The Hall–Kier alpha value is -0.860.